The van der Waals surface area contributed by atoms with E-state index >= 15 is 0 Å². The van der Waals surface area contributed by atoms with Gasteiger partial charge in [-0.25, -0.2) is 0 Å². The van der Waals surface area contributed by atoms with Crippen LogP contribution in [0.5, 0.6) is 0 Å². The number of amides is 1. The average Bonchev–Trinajstić information content (AvgIpc) is 2.44. The van der Waals surface area contributed by atoms with Crippen LogP contribution in [-0.4, -0.2) is 66.3 Å². The molecule has 0 radical (unpaired) electrons. The molecule has 128 valence electrons. The van der Waals surface area contributed by atoms with Gasteiger partial charge in [0, 0.05) is 18.6 Å². The van der Waals surface area contributed by atoms with Crippen LogP contribution in [0.1, 0.15) is 39.5 Å². The van der Waals surface area contributed by atoms with E-state index < -0.39 is 24.7 Å². The van der Waals surface area contributed by atoms with E-state index in [-0.39, 0.29) is 18.7 Å². The lowest BCUT2D eigenvalue weighted by Crippen LogP contribution is -2.56. The number of morpholine rings is 1. The van der Waals surface area contributed by atoms with Gasteiger partial charge < -0.3 is 9.64 Å². The molecule has 0 aromatic rings. The van der Waals surface area contributed by atoms with E-state index in [1.807, 2.05) is 4.90 Å². The Labute approximate surface area is 129 Å². The van der Waals surface area contributed by atoms with Crippen LogP contribution < -0.4 is 0 Å². The van der Waals surface area contributed by atoms with Crippen molar-refractivity contribution in [3.8, 4) is 0 Å². The van der Waals surface area contributed by atoms with Gasteiger partial charge in [-0.05, 0) is 26.7 Å². The van der Waals surface area contributed by atoms with Gasteiger partial charge in [0.1, 0.15) is 6.54 Å². The Bertz CT molecular complexity index is 385. The molecule has 1 amide bonds. The number of fused-ring (bicyclic) bond motifs is 1. The molecule has 0 aromatic heterocycles. The van der Waals surface area contributed by atoms with Crippen LogP contribution in [0.2, 0.25) is 0 Å². The highest BCUT2D eigenvalue weighted by molar-refractivity contribution is 5.78. The van der Waals surface area contributed by atoms with E-state index in [2.05, 4.69) is 0 Å². The average molecular weight is 322 g/mol. The van der Waals surface area contributed by atoms with Gasteiger partial charge in [-0.3, -0.25) is 9.69 Å². The molecule has 1 saturated carbocycles. The summed E-state index contributed by atoms with van der Waals surface area (Å²) in [6.45, 7) is 3.28. The van der Waals surface area contributed by atoms with E-state index in [4.69, 9.17) is 4.74 Å². The number of hydrogen-bond donors (Lipinski definition) is 0. The van der Waals surface area contributed by atoms with Crippen LogP contribution >= 0.6 is 0 Å². The van der Waals surface area contributed by atoms with Gasteiger partial charge in [-0.1, -0.05) is 12.8 Å². The summed E-state index contributed by atoms with van der Waals surface area (Å²) in [5, 5.41) is 0. The molecule has 0 aromatic carbocycles. The third kappa shape index (κ3) is 4.59. The summed E-state index contributed by atoms with van der Waals surface area (Å²) in [6, 6.07) is -0.288. The SMILES string of the molecule is CC(C)N(CC(F)(F)F)C(=O)CN1CCO[C@H]2CCCC[C@H]21. The molecule has 4 nitrogen and oxygen atoms in total. The van der Waals surface area contributed by atoms with Crippen molar-refractivity contribution in [2.45, 2.75) is 63.9 Å². The van der Waals surface area contributed by atoms with Gasteiger partial charge >= 0.3 is 6.18 Å². The lowest BCUT2D eigenvalue weighted by atomic mass is 9.90. The van der Waals surface area contributed by atoms with Crippen LogP contribution in [-0.2, 0) is 9.53 Å². The van der Waals surface area contributed by atoms with Gasteiger partial charge in [-0.15, -0.1) is 0 Å². The van der Waals surface area contributed by atoms with Crippen LogP contribution in [0.3, 0.4) is 0 Å². The summed E-state index contributed by atoms with van der Waals surface area (Å²) in [6.07, 6.45) is -0.0884. The minimum absolute atomic E-state index is 0.0544. The lowest BCUT2D eigenvalue weighted by Gasteiger charge is -2.44. The first-order valence-electron chi connectivity index (χ1n) is 8.00. The van der Waals surface area contributed by atoms with Crippen LogP contribution in [0.25, 0.3) is 0 Å². The molecule has 0 N–H and O–H groups in total. The fraction of sp³-hybridized carbons (Fsp3) is 0.933. The molecule has 0 unspecified atom stereocenters. The number of carbonyl (C=O) groups is 1. The zero-order valence-electron chi connectivity index (χ0n) is 13.2. The smallest absolute Gasteiger partial charge is 0.375 e. The fourth-order valence-corrected chi connectivity index (χ4v) is 3.39. The maximum atomic E-state index is 12.6. The zero-order chi connectivity index (χ0) is 16.3. The standard InChI is InChI=1S/C15H25F3N2O2/c1-11(2)20(10-15(16,17)18)14(21)9-19-7-8-22-13-6-4-3-5-12(13)19/h11-13H,3-10H2,1-2H3/t12-,13+/m1/s1. The third-order valence-corrected chi connectivity index (χ3v) is 4.48. The predicted molar refractivity (Wildman–Crippen MR) is 76.5 cm³/mol. The second-order valence-corrected chi connectivity index (χ2v) is 6.46. The highest BCUT2D eigenvalue weighted by Gasteiger charge is 2.38. The molecule has 7 heteroatoms. The van der Waals surface area contributed by atoms with Gasteiger partial charge in [0.2, 0.25) is 5.91 Å². The number of halogens is 3. The first kappa shape index (κ1) is 17.5. The zero-order valence-corrected chi connectivity index (χ0v) is 13.2. The van der Waals surface area contributed by atoms with Crippen molar-refractivity contribution in [3.05, 3.63) is 0 Å². The summed E-state index contributed by atoms with van der Waals surface area (Å²) in [4.78, 5) is 15.3. The Morgan fingerprint density at radius 2 is 2.00 bits per heavy atom. The van der Waals surface area contributed by atoms with Crippen molar-refractivity contribution < 1.29 is 22.7 Å². The number of rotatable bonds is 4. The van der Waals surface area contributed by atoms with Crippen LogP contribution in [0.15, 0.2) is 0 Å². The Hall–Kier alpha value is -0.820. The van der Waals surface area contributed by atoms with Crippen molar-refractivity contribution >= 4 is 5.91 Å². The highest BCUT2D eigenvalue weighted by atomic mass is 19.4. The summed E-state index contributed by atoms with van der Waals surface area (Å²) in [5.74, 6) is -0.446. The summed E-state index contributed by atoms with van der Waals surface area (Å²) >= 11 is 0. The summed E-state index contributed by atoms with van der Waals surface area (Å²) in [5.41, 5.74) is 0. The molecular weight excluding hydrogens is 297 g/mol. The number of ether oxygens (including phenoxy) is 1. The van der Waals surface area contributed by atoms with Gasteiger partial charge in [-0.2, -0.15) is 13.2 Å². The quantitative estimate of drug-likeness (QED) is 0.797. The molecule has 2 fully saturated rings. The van der Waals surface area contributed by atoms with Crippen molar-refractivity contribution in [2.24, 2.45) is 0 Å². The molecule has 1 aliphatic heterocycles. The van der Waals surface area contributed by atoms with Crippen LogP contribution in [0.4, 0.5) is 13.2 Å². The molecule has 1 aliphatic carbocycles. The molecule has 2 atom stereocenters. The van der Waals surface area contributed by atoms with Crippen molar-refractivity contribution in [3.63, 3.8) is 0 Å². The largest absolute Gasteiger partial charge is 0.406 e. The minimum atomic E-state index is -4.36. The fourth-order valence-electron chi connectivity index (χ4n) is 3.39. The summed E-state index contributed by atoms with van der Waals surface area (Å²) < 4.78 is 43.7. The lowest BCUT2D eigenvalue weighted by molar-refractivity contribution is -0.167. The maximum Gasteiger partial charge on any atom is 0.406 e. The molecule has 1 heterocycles. The van der Waals surface area contributed by atoms with E-state index in [1.54, 1.807) is 13.8 Å². The second-order valence-electron chi connectivity index (χ2n) is 6.46. The second kappa shape index (κ2) is 7.17. The molecule has 2 rings (SSSR count). The number of hydrogen-bond acceptors (Lipinski definition) is 3. The number of alkyl halides is 3. The van der Waals surface area contributed by atoms with Crippen molar-refractivity contribution in [1.29, 1.82) is 0 Å². The Balaban J connectivity index is 1.99. The van der Waals surface area contributed by atoms with Crippen LogP contribution in [0, 0.1) is 0 Å². The van der Waals surface area contributed by atoms with Gasteiger partial charge in [0.15, 0.2) is 0 Å². The van der Waals surface area contributed by atoms with Gasteiger partial charge in [0.05, 0.1) is 19.3 Å². The van der Waals surface area contributed by atoms with Crippen molar-refractivity contribution in [1.82, 2.24) is 9.80 Å². The van der Waals surface area contributed by atoms with Gasteiger partial charge in [0.25, 0.3) is 0 Å². The first-order chi connectivity index (χ1) is 10.3. The topological polar surface area (TPSA) is 32.8 Å². The molecule has 22 heavy (non-hydrogen) atoms. The molecule has 0 bridgehead atoms. The number of nitrogens with zero attached hydrogens (tertiary/aromatic N) is 2. The molecular formula is C15H25F3N2O2. The monoisotopic (exact) mass is 322 g/mol. The van der Waals surface area contributed by atoms with E-state index in [9.17, 15) is 18.0 Å². The summed E-state index contributed by atoms with van der Waals surface area (Å²) in [7, 11) is 0. The van der Waals surface area contributed by atoms with E-state index in [1.165, 1.54) is 0 Å². The van der Waals surface area contributed by atoms with E-state index in [0.29, 0.717) is 13.2 Å². The highest BCUT2D eigenvalue weighted by Crippen LogP contribution is 2.28. The molecule has 0 spiro atoms. The van der Waals surface area contributed by atoms with Crippen molar-refractivity contribution in [2.75, 3.05) is 26.2 Å². The minimum Gasteiger partial charge on any atom is -0.375 e. The maximum absolute atomic E-state index is 12.6. The first-order valence-corrected chi connectivity index (χ1v) is 8.00. The Morgan fingerprint density at radius 1 is 1.32 bits per heavy atom. The number of carbonyl (C=O) groups excluding carboxylic acids is 1. The molecule has 1 saturated heterocycles. The Morgan fingerprint density at radius 3 is 2.64 bits per heavy atom. The molecule has 2 aliphatic rings. The Kier molecular flexibility index (Phi) is 5.71. The normalized spacial score (nSPS) is 26.8. The third-order valence-electron chi connectivity index (χ3n) is 4.48. The predicted octanol–water partition coefficient (Wildman–Crippen LogP) is 2.43. The van der Waals surface area contributed by atoms with E-state index in [0.717, 1.165) is 30.6 Å².